The molecule has 0 atom stereocenters. The summed E-state index contributed by atoms with van der Waals surface area (Å²) in [5.41, 5.74) is 4.90. The normalized spacial score (nSPS) is 11.2. The third kappa shape index (κ3) is 3.47. The molecule has 0 amide bonds. The molecule has 32 heavy (non-hydrogen) atoms. The van der Waals surface area contributed by atoms with Crippen LogP contribution in [0.2, 0.25) is 0 Å². The van der Waals surface area contributed by atoms with Crippen molar-refractivity contribution in [1.82, 2.24) is 24.6 Å². The average molecular weight is 432 g/mol. The number of nitrogens with zero attached hydrogens (tertiary/aromatic N) is 5. The maximum Gasteiger partial charge on any atom is 0.161 e. The second kappa shape index (κ2) is 7.84. The highest BCUT2D eigenvalue weighted by Crippen LogP contribution is 2.25. The highest BCUT2D eigenvalue weighted by atomic mass is 19.2. The van der Waals surface area contributed by atoms with Crippen LogP contribution >= 0.6 is 0 Å². The lowest BCUT2D eigenvalue weighted by atomic mass is 10.1. The first kappa shape index (κ1) is 19.8. The number of aryl methyl sites for hydroxylation is 1. The SMILES string of the molecule is COc1cnc2c(NCc3cnc4ccc(-c5cc(C)c(F)c(F)c5)nn34)ccnc2c1. The Morgan fingerprint density at radius 2 is 1.91 bits per heavy atom. The lowest BCUT2D eigenvalue weighted by molar-refractivity contribution is 0.413. The molecule has 1 aromatic carbocycles. The summed E-state index contributed by atoms with van der Waals surface area (Å²) < 4.78 is 34.5. The molecule has 1 N–H and O–H groups in total. The van der Waals surface area contributed by atoms with Crippen molar-refractivity contribution in [2.75, 3.05) is 12.4 Å². The zero-order valence-corrected chi connectivity index (χ0v) is 17.3. The molecular weight excluding hydrogens is 414 g/mol. The minimum absolute atomic E-state index is 0.225. The molecule has 0 fully saturated rings. The van der Waals surface area contributed by atoms with Gasteiger partial charge < -0.3 is 10.1 Å². The summed E-state index contributed by atoms with van der Waals surface area (Å²) in [5.74, 6) is -1.12. The molecule has 0 aliphatic rings. The molecule has 0 bridgehead atoms. The van der Waals surface area contributed by atoms with E-state index in [0.29, 0.717) is 40.2 Å². The second-order valence-corrected chi connectivity index (χ2v) is 7.28. The summed E-state index contributed by atoms with van der Waals surface area (Å²) in [4.78, 5) is 13.2. The van der Waals surface area contributed by atoms with Gasteiger partial charge in [-0.1, -0.05) is 0 Å². The van der Waals surface area contributed by atoms with Gasteiger partial charge in [-0.3, -0.25) is 4.98 Å². The van der Waals surface area contributed by atoms with Gasteiger partial charge in [-0.25, -0.2) is 23.3 Å². The number of anilines is 1. The van der Waals surface area contributed by atoms with Crippen molar-refractivity contribution in [3.8, 4) is 17.0 Å². The average Bonchev–Trinajstić information content (AvgIpc) is 3.22. The largest absolute Gasteiger partial charge is 0.495 e. The number of nitrogens with one attached hydrogen (secondary N) is 1. The molecular formula is C23H18F2N6O. The van der Waals surface area contributed by atoms with Crippen molar-refractivity contribution < 1.29 is 13.5 Å². The number of methoxy groups -OCH3 is 1. The number of aromatic nitrogens is 5. The van der Waals surface area contributed by atoms with Gasteiger partial charge in [0.1, 0.15) is 11.3 Å². The highest BCUT2D eigenvalue weighted by Gasteiger charge is 2.12. The summed E-state index contributed by atoms with van der Waals surface area (Å²) in [5, 5.41) is 7.95. The van der Waals surface area contributed by atoms with Crippen molar-refractivity contribution in [3.63, 3.8) is 0 Å². The van der Waals surface area contributed by atoms with E-state index < -0.39 is 11.6 Å². The molecule has 0 spiro atoms. The second-order valence-electron chi connectivity index (χ2n) is 7.28. The fourth-order valence-electron chi connectivity index (χ4n) is 3.52. The fraction of sp³-hybridized carbons (Fsp3) is 0.130. The zero-order valence-electron chi connectivity index (χ0n) is 17.3. The smallest absolute Gasteiger partial charge is 0.161 e. The Hall–Kier alpha value is -4.14. The first-order valence-corrected chi connectivity index (χ1v) is 9.86. The molecule has 4 aromatic heterocycles. The molecule has 0 aliphatic carbocycles. The molecule has 0 radical (unpaired) electrons. The third-order valence-corrected chi connectivity index (χ3v) is 5.19. The van der Waals surface area contributed by atoms with Gasteiger partial charge in [0.15, 0.2) is 17.3 Å². The van der Waals surface area contributed by atoms with E-state index in [0.717, 1.165) is 17.4 Å². The zero-order chi connectivity index (χ0) is 22.2. The molecule has 5 rings (SSSR count). The Bertz CT molecular complexity index is 1440. The van der Waals surface area contributed by atoms with Crippen molar-refractivity contribution in [3.05, 3.63) is 77.9 Å². The van der Waals surface area contributed by atoms with E-state index in [-0.39, 0.29) is 5.56 Å². The van der Waals surface area contributed by atoms with Crippen LogP contribution in [0.3, 0.4) is 0 Å². The molecule has 0 saturated heterocycles. The van der Waals surface area contributed by atoms with E-state index in [9.17, 15) is 8.78 Å². The van der Waals surface area contributed by atoms with E-state index in [1.807, 2.05) is 12.1 Å². The van der Waals surface area contributed by atoms with Crippen LogP contribution in [0.1, 0.15) is 11.3 Å². The van der Waals surface area contributed by atoms with E-state index >= 15 is 0 Å². The van der Waals surface area contributed by atoms with E-state index in [1.54, 1.807) is 48.4 Å². The van der Waals surface area contributed by atoms with Crippen molar-refractivity contribution in [1.29, 1.82) is 0 Å². The molecule has 0 aliphatic heterocycles. The Morgan fingerprint density at radius 3 is 2.72 bits per heavy atom. The van der Waals surface area contributed by atoms with Crippen LogP contribution in [-0.4, -0.2) is 31.7 Å². The quantitative estimate of drug-likeness (QED) is 0.439. The van der Waals surface area contributed by atoms with Gasteiger partial charge in [0.2, 0.25) is 0 Å². The third-order valence-electron chi connectivity index (χ3n) is 5.19. The van der Waals surface area contributed by atoms with Crippen molar-refractivity contribution in [2.24, 2.45) is 0 Å². The van der Waals surface area contributed by atoms with Crippen LogP contribution in [0.4, 0.5) is 14.5 Å². The van der Waals surface area contributed by atoms with Gasteiger partial charge >= 0.3 is 0 Å². The van der Waals surface area contributed by atoms with Crippen LogP contribution in [-0.2, 0) is 6.54 Å². The molecule has 7 nitrogen and oxygen atoms in total. The number of hydrogen-bond acceptors (Lipinski definition) is 6. The Morgan fingerprint density at radius 1 is 1.03 bits per heavy atom. The topological polar surface area (TPSA) is 77.2 Å². The Labute approximate surface area is 181 Å². The Kier molecular flexibility index (Phi) is 4.85. The number of ether oxygens (including phenoxy) is 1. The maximum absolute atomic E-state index is 13.9. The standard InChI is InChI=1S/C23H18F2N6O/c1-13-7-14(8-17(24)22(13)25)18-3-4-21-28-11-15(31(21)30-18)10-27-19-5-6-26-20-9-16(32-2)12-29-23(19)20/h3-9,11-12H,10H2,1-2H3,(H,26,27). The molecule has 5 aromatic rings. The molecule has 0 unspecified atom stereocenters. The van der Waals surface area contributed by atoms with Crippen LogP contribution in [0.15, 0.2) is 55.0 Å². The highest BCUT2D eigenvalue weighted by molar-refractivity contribution is 5.87. The molecule has 9 heteroatoms. The van der Waals surface area contributed by atoms with Crippen molar-refractivity contribution in [2.45, 2.75) is 13.5 Å². The van der Waals surface area contributed by atoms with Crippen LogP contribution in [0, 0.1) is 18.6 Å². The first-order valence-electron chi connectivity index (χ1n) is 9.86. The van der Waals surface area contributed by atoms with E-state index in [2.05, 4.69) is 25.4 Å². The van der Waals surface area contributed by atoms with Crippen LogP contribution in [0.5, 0.6) is 5.75 Å². The number of fused-ring (bicyclic) bond motifs is 2. The van der Waals surface area contributed by atoms with Crippen LogP contribution in [0.25, 0.3) is 27.9 Å². The predicted octanol–water partition coefficient (Wildman–Crippen LogP) is 4.55. The van der Waals surface area contributed by atoms with Gasteiger partial charge in [0.05, 0.1) is 48.6 Å². The van der Waals surface area contributed by atoms with Crippen molar-refractivity contribution >= 4 is 22.4 Å². The van der Waals surface area contributed by atoms with E-state index in [4.69, 9.17) is 4.74 Å². The first-order chi connectivity index (χ1) is 15.5. The lowest BCUT2D eigenvalue weighted by Crippen LogP contribution is -2.06. The molecule has 4 heterocycles. The summed E-state index contributed by atoms with van der Waals surface area (Å²) in [6, 6.07) is 9.91. The summed E-state index contributed by atoms with van der Waals surface area (Å²) in [7, 11) is 1.58. The fourth-order valence-corrected chi connectivity index (χ4v) is 3.52. The monoisotopic (exact) mass is 432 g/mol. The Balaban J connectivity index is 1.47. The number of imidazole rings is 1. The van der Waals surface area contributed by atoms with E-state index in [1.165, 1.54) is 6.92 Å². The lowest BCUT2D eigenvalue weighted by Gasteiger charge is -2.10. The van der Waals surface area contributed by atoms with Gasteiger partial charge in [-0.05, 0) is 42.8 Å². The summed E-state index contributed by atoms with van der Waals surface area (Å²) in [6.45, 7) is 1.94. The maximum atomic E-state index is 13.9. The number of benzene rings is 1. The summed E-state index contributed by atoms with van der Waals surface area (Å²) in [6.07, 6.45) is 5.05. The summed E-state index contributed by atoms with van der Waals surface area (Å²) >= 11 is 0. The number of hydrogen-bond donors (Lipinski definition) is 1. The molecule has 0 saturated carbocycles. The predicted molar refractivity (Wildman–Crippen MR) is 116 cm³/mol. The minimum atomic E-state index is -0.900. The number of halogens is 2. The number of pyridine rings is 2. The number of rotatable bonds is 5. The van der Waals surface area contributed by atoms with Gasteiger partial charge in [-0.2, -0.15) is 5.10 Å². The van der Waals surface area contributed by atoms with Crippen LogP contribution < -0.4 is 10.1 Å². The molecule has 160 valence electrons. The minimum Gasteiger partial charge on any atom is -0.495 e. The van der Waals surface area contributed by atoms with Gasteiger partial charge in [0, 0.05) is 17.8 Å². The van der Waals surface area contributed by atoms with Gasteiger partial charge in [0.25, 0.3) is 0 Å². The van der Waals surface area contributed by atoms with Gasteiger partial charge in [-0.15, -0.1) is 0 Å².